The quantitative estimate of drug-likeness (QED) is 0.701. The van der Waals surface area contributed by atoms with Crippen molar-refractivity contribution in [3.05, 3.63) is 70.2 Å². The molecule has 0 saturated heterocycles. The van der Waals surface area contributed by atoms with Crippen LogP contribution in [-0.4, -0.2) is 23.3 Å². The Morgan fingerprint density at radius 1 is 1.00 bits per heavy atom. The average Bonchev–Trinajstić information content (AvgIpc) is 3.09. The number of anilines is 1. The lowest BCUT2D eigenvalue weighted by Crippen LogP contribution is -2.33. The van der Waals surface area contributed by atoms with Gasteiger partial charge in [-0.05, 0) is 44.0 Å². The molecule has 2 aromatic carbocycles. The van der Waals surface area contributed by atoms with Crippen LogP contribution >= 0.6 is 11.3 Å². The molecule has 0 bridgehead atoms. The lowest BCUT2D eigenvalue weighted by molar-refractivity contribution is -0.115. The van der Waals surface area contributed by atoms with Crippen LogP contribution in [0.4, 0.5) is 5.69 Å². The van der Waals surface area contributed by atoms with Gasteiger partial charge in [-0.1, -0.05) is 30.3 Å². The first-order valence-corrected chi connectivity index (χ1v) is 9.49. The van der Waals surface area contributed by atoms with Crippen molar-refractivity contribution in [2.75, 3.05) is 11.9 Å². The molecule has 1 heterocycles. The minimum absolute atomic E-state index is 0.0833. The number of rotatable bonds is 5. The molecule has 0 aliphatic carbocycles. The highest BCUT2D eigenvalue weighted by Crippen LogP contribution is 2.23. The van der Waals surface area contributed by atoms with Crippen LogP contribution in [0.2, 0.25) is 0 Å². The highest BCUT2D eigenvalue weighted by molar-refractivity contribution is 7.13. The van der Waals surface area contributed by atoms with Crippen molar-refractivity contribution in [2.45, 2.75) is 20.8 Å². The third kappa shape index (κ3) is 4.60. The van der Waals surface area contributed by atoms with E-state index < -0.39 is 0 Å². The fraction of sp³-hybridized carbons (Fsp3) is 0.190. The third-order valence-corrected chi connectivity index (χ3v) is 5.18. The molecule has 138 valence electrons. The van der Waals surface area contributed by atoms with Gasteiger partial charge in [-0.2, -0.15) is 0 Å². The first kappa shape index (κ1) is 18.8. The van der Waals surface area contributed by atoms with Gasteiger partial charge in [-0.15, -0.1) is 11.3 Å². The number of hydrogen-bond acceptors (Lipinski definition) is 4. The molecular formula is C21H21N3O2S. The van der Waals surface area contributed by atoms with Crippen molar-refractivity contribution in [2.24, 2.45) is 0 Å². The van der Waals surface area contributed by atoms with E-state index >= 15 is 0 Å². The van der Waals surface area contributed by atoms with Gasteiger partial charge in [-0.25, -0.2) is 4.98 Å². The van der Waals surface area contributed by atoms with Crippen molar-refractivity contribution in [3.63, 3.8) is 0 Å². The summed E-state index contributed by atoms with van der Waals surface area (Å²) in [6.07, 6.45) is 0. The molecule has 1 aromatic heterocycles. The fourth-order valence-electron chi connectivity index (χ4n) is 2.71. The van der Waals surface area contributed by atoms with E-state index in [9.17, 15) is 9.59 Å². The summed E-state index contributed by atoms with van der Waals surface area (Å²) in [4.78, 5) is 28.9. The Kier molecular flexibility index (Phi) is 5.66. The van der Waals surface area contributed by atoms with Gasteiger partial charge >= 0.3 is 0 Å². The lowest BCUT2D eigenvalue weighted by atomic mass is 10.1. The normalized spacial score (nSPS) is 10.5. The van der Waals surface area contributed by atoms with E-state index in [0.717, 1.165) is 33.1 Å². The zero-order valence-electron chi connectivity index (χ0n) is 15.5. The molecule has 3 aromatic rings. The monoisotopic (exact) mass is 379 g/mol. The molecule has 0 spiro atoms. The average molecular weight is 379 g/mol. The largest absolute Gasteiger partial charge is 0.343 e. The summed E-state index contributed by atoms with van der Waals surface area (Å²) in [5.74, 6) is -0.538. The zero-order chi connectivity index (χ0) is 19.4. The molecule has 3 rings (SSSR count). The van der Waals surface area contributed by atoms with Crippen LogP contribution in [0.3, 0.4) is 0 Å². The van der Waals surface area contributed by atoms with Crippen molar-refractivity contribution >= 4 is 28.8 Å². The Hall–Kier alpha value is -2.99. The topological polar surface area (TPSA) is 71.1 Å². The molecule has 5 nitrogen and oxygen atoms in total. The predicted molar refractivity (Wildman–Crippen MR) is 109 cm³/mol. The maximum Gasteiger partial charge on any atom is 0.251 e. The van der Waals surface area contributed by atoms with Crippen molar-refractivity contribution < 1.29 is 9.59 Å². The molecule has 0 aliphatic heterocycles. The van der Waals surface area contributed by atoms with Crippen LogP contribution in [0.25, 0.3) is 10.6 Å². The molecule has 2 N–H and O–H groups in total. The van der Waals surface area contributed by atoms with Crippen LogP contribution in [0.15, 0.2) is 47.8 Å². The number of aromatic nitrogens is 1. The van der Waals surface area contributed by atoms with Crippen LogP contribution in [0.1, 0.15) is 27.2 Å². The van der Waals surface area contributed by atoms with Crippen LogP contribution in [0.5, 0.6) is 0 Å². The maximum atomic E-state index is 12.3. The number of carbonyl (C=O) groups excluding carboxylic acids is 2. The minimum atomic E-state index is -0.284. The van der Waals surface area contributed by atoms with Gasteiger partial charge in [0.2, 0.25) is 5.91 Å². The van der Waals surface area contributed by atoms with Crippen LogP contribution < -0.4 is 10.6 Å². The second-order valence-corrected chi connectivity index (χ2v) is 7.23. The molecule has 27 heavy (non-hydrogen) atoms. The number of amides is 2. The molecule has 6 heteroatoms. The van der Waals surface area contributed by atoms with E-state index in [2.05, 4.69) is 15.6 Å². The molecule has 0 unspecified atom stereocenters. The summed E-state index contributed by atoms with van der Waals surface area (Å²) < 4.78 is 0. The standard InChI is InChI=1S/C21H21N3O2S/c1-13-5-4-6-14(2)19(13)24-18(25)11-22-20(26)16-7-9-17(10-8-16)21-23-15(3)12-27-21/h4-10,12H,11H2,1-3H3,(H,22,26)(H,24,25). The Bertz CT molecular complexity index is 957. The zero-order valence-corrected chi connectivity index (χ0v) is 16.3. The summed E-state index contributed by atoms with van der Waals surface area (Å²) in [5.41, 5.74) is 5.22. The molecule has 0 aliphatic rings. The number of carbonyl (C=O) groups is 2. The highest BCUT2D eigenvalue weighted by Gasteiger charge is 2.11. The second kappa shape index (κ2) is 8.14. The summed E-state index contributed by atoms with van der Waals surface area (Å²) in [7, 11) is 0. The number of para-hydroxylation sites is 1. The maximum absolute atomic E-state index is 12.3. The highest BCUT2D eigenvalue weighted by atomic mass is 32.1. The van der Waals surface area contributed by atoms with E-state index in [-0.39, 0.29) is 18.4 Å². The number of aryl methyl sites for hydroxylation is 3. The van der Waals surface area contributed by atoms with Gasteiger partial charge in [0.15, 0.2) is 0 Å². The van der Waals surface area contributed by atoms with E-state index in [4.69, 9.17) is 0 Å². The Morgan fingerprint density at radius 3 is 2.26 bits per heavy atom. The second-order valence-electron chi connectivity index (χ2n) is 6.37. The molecule has 0 saturated carbocycles. The smallest absolute Gasteiger partial charge is 0.251 e. The molecule has 2 amide bonds. The first-order valence-electron chi connectivity index (χ1n) is 8.61. The number of hydrogen-bond donors (Lipinski definition) is 2. The number of nitrogens with one attached hydrogen (secondary N) is 2. The van der Waals surface area contributed by atoms with Crippen LogP contribution in [-0.2, 0) is 4.79 Å². The molecular weight excluding hydrogens is 358 g/mol. The van der Waals surface area contributed by atoms with Gasteiger partial charge in [0.05, 0.1) is 6.54 Å². The summed E-state index contributed by atoms with van der Waals surface area (Å²) in [6.45, 7) is 5.74. The van der Waals surface area contributed by atoms with E-state index in [1.165, 1.54) is 0 Å². The van der Waals surface area contributed by atoms with Gasteiger partial charge in [0, 0.05) is 27.9 Å². The van der Waals surface area contributed by atoms with E-state index in [1.807, 2.05) is 56.5 Å². The Balaban J connectivity index is 1.58. The molecule has 0 radical (unpaired) electrons. The van der Waals surface area contributed by atoms with Gasteiger partial charge in [-0.3, -0.25) is 9.59 Å². The minimum Gasteiger partial charge on any atom is -0.343 e. The Morgan fingerprint density at radius 2 is 1.67 bits per heavy atom. The van der Waals surface area contributed by atoms with E-state index in [0.29, 0.717) is 5.56 Å². The summed E-state index contributed by atoms with van der Waals surface area (Å²) in [6, 6.07) is 13.0. The molecule has 0 fully saturated rings. The molecule has 0 atom stereocenters. The van der Waals surface area contributed by atoms with Crippen molar-refractivity contribution in [1.29, 1.82) is 0 Å². The van der Waals surface area contributed by atoms with E-state index in [1.54, 1.807) is 23.5 Å². The Labute approximate surface area is 162 Å². The summed E-state index contributed by atoms with van der Waals surface area (Å²) in [5, 5.41) is 8.43. The van der Waals surface area contributed by atoms with Gasteiger partial charge in [0.1, 0.15) is 5.01 Å². The van der Waals surface area contributed by atoms with Crippen LogP contribution in [0, 0.1) is 20.8 Å². The number of benzene rings is 2. The third-order valence-electron chi connectivity index (χ3n) is 4.17. The van der Waals surface area contributed by atoms with Crippen molar-refractivity contribution in [3.8, 4) is 10.6 Å². The fourth-order valence-corrected chi connectivity index (χ4v) is 3.51. The van der Waals surface area contributed by atoms with Gasteiger partial charge < -0.3 is 10.6 Å². The van der Waals surface area contributed by atoms with Crippen molar-refractivity contribution in [1.82, 2.24) is 10.3 Å². The predicted octanol–water partition coefficient (Wildman–Crippen LogP) is 4.10. The van der Waals surface area contributed by atoms with Gasteiger partial charge in [0.25, 0.3) is 5.91 Å². The number of thiazole rings is 1. The summed E-state index contributed by atoms with van der Waals surface area (Å²) >= 11 is 1.57. The first-order chi connectivity index (χ1) is 12.9. The SMILES string of the molecule is Cc1csc(-c2ccc(C(=O)NCC(=O)Nc3c(C)cccc3C)cc2)n1. The number of nitrogens with zero attached hydrogens (tertiary/aromatic N) is 1. The lowest BCUT2D eigenvalue weighted by Gasteiger charge is -2.12.